The predicted molar refractivity (Wildman–Crippen MR) is 155 cm³/mol. The van der Waals surface area contributed by atoms with E-state index in [0.29, 0.717) is 6.54 Å². The summed E-state index contributed by atoms with van der Waals surface area (Å²) in [6.45, 7) is 2.47. The van der Waals surface area contributed by atoms with Crippen molar-refractivity contribution in [1.82, 2.24) is 14.5 Å². The molecule has 0 radical (unpaired) electrons. The lowest BCUT2D eigenvalue weighted by molar-refractivity contribution is 0.405. The summed E-state index contributed by atoms with van der Waals surface area (Å²) in [5.41, 5.74) is 5.80. The summed E-state index contributed by atoms with van der Waals surface area (Å²) < 4.78 is 16.3. The maximum Gasteiger partial charge on any atom is 0.124 e. The number of rotatable bonds is 9. The number of para-hydroxylation sites is 1. The summed E-state index contributed by atoms with van der Waals surface area (Å²) in [4.78, 5) is 6.94. The Kier molecular flexibility index (Phi) is 7.54. The second-order valence-corrected chi connectivity index (χ2v) is 9.90. The summed E-state index contributed by atoms with van der Waals surface area (Å²) in [7, 11) is 4.12. The molecule has 0 fully saturated rings. The third-order valence-corrected chi connectivity index (χ3v) is 6.81. The Labute approximate surface area is 222 Å². The van der Waals surface area contributed by atoms with E-state index in [9.17, 15) is 4.39 Å². The SMILES string of the molecule is CN(C)CCCNc1cc(/C=C/c2cn(Cc3ccccc3Cl)c3ccccc23)nc2ccc(F)cc12. The van der Waals surface area contributed by atoms with Crippen molar-refractivity contribution in [1.29, 1.82) is 0 Å². The minimum absolute atomic E-state index is 0.264. The number of anilines is 1. The van der Waals surface area contributed by atoms with Crippen molar-refractivity contribution in [3.05, 3.63) is 107 Å². The van der Waals surface area contributed by atoms with E-state index in [1.807, 2.05) is 30.3 Å². The number of benzene rings is 3. The molecule has 0 aliphatic carbocycles. The van der Waals surface area contributed by atoms with E-state index < -0.39 is 0 Å². The zero-order valence-corrected chi connectivity index (χ0v) is 21.8. The average Bonchev–Trinajstić information content (AvgIpc) is 3.24. The maximum atomic E-state index is 14.0. The van der Waals surface area contributed by atoms with Gasteiger partial charge in [-0.15, -0.1) is 0 Å². The van der Waals surface area contributed by atoms with E-state index in [1.54, 1.807) is 12.1 Å². The van der Waals surface area contributed by atoms with Crippen molar-refractivity contribution in [2.75, 3.05) is 32.5 Å². The van der Waals surface area contributed by atoms with Crippen molar-refractivity contribution in [3.63, 3.8) is 0 Å². The van der Waals surface area contributed by atoms with Gasteiger partial charge in [-0.25, -0.2) is 9.37 Å². The minimum atomic E-state index is -0.264. The monoisotopic (exact) mass is 512 g/mol. The molecular formula is C31H30ClFN4. The molecule has 0 spiro atoms. The highest BCUT2D eigenvalue weighted by molar-refractivity contribution is 6.31. The highest BCUT2D eigenvalue weighted by atomic mass is 35.5. The van der Waals surface area contributed by atoms with Gasteiger partial charge in [-0.1, -0.05) is 54.1 Å². The molecule has 2 aromatic heterocycles. The Morgan fingerprint density at radius 3 is 2.62 bits per heavy atom. The van der Waals surface area contributed by atoms with Gasteiger partial charge in [0.15, 0.2) is 0 Å². The molecule has 5 aromatic rings. The summed E-state index contributed by atoms with van der Waals surface area (Å²) in [6, 6.07) is 23.0. The van der Waals surface area contributed by atoms with Crippen molar-refractivity contribution in [2.45, 2.75) is 13.0 Å². The Bertz CT molecular complexity index is 1570. The van der Waals surface area contributed by atoms with Gasteiger partial charge in [0.1, 0.15) is 5.82 Å². The largest absolute Gasteiger partial charge is 0.384 e. The summed E-state index contributed by atoms with van der Waals surface area (Å²) in [6.07, 6.45) is 7.26. The molecule has 0 bridgehead atoms. The van der Waals surface area contributed by atoms with Crippen LogP contribution in [-0.2, 0) is 6.54 Å². The van der Waals surface area contributed by atoms with Crippen molar-refractivity contribution in [3.8, 4) is 0 Å². The van der Waals surface area contributed by atoms with Crippen LogP contribution in [0.4, 0.5) is 10.1 Å². The molecule has 0 saturated carbocycles. The number of aromatic nitrogens is 2. The topological polar surface area (TPSA) is 33.1 Å². The average molecular weight is 513 g/mol. The summed E-state index contributed by atoms with van der Waals surface area (Å²) >= 11 is 6.44. The number of pyridine rings is 1. The second-order valence-electron chi connectivity index (χ2n) is 9.49. The smallest absolute Gasteiger partial charge is 0.124 e. The maximum absolute atomic E-state index is 14.0. The molecule has 6 heteroatoms. The molecule has 0 saturated heterocycles. The Morgan fingerprint density at radius 1 is 0.973 bits per heavy atom. The van der Waals surface area contributed by atoms with Crippen LogP contribution in [0.15, 0.2) is 79.0 Å². The van der Waals surface area contributed by atoms with E-state index in [2.05, 4.69) is 71.5 Å². The first-order chi connectivity index (χ1) is 18.0. The summed E-state index contributed by atoms with van der Waals surface area (Å²) in [5, 5.41) is 6.21. The van der Waals surface area contributed by atoms with Gasteiger partial charge in [-0.3, -0.25) is 0 Å². The van der Waals surface area contributed by atoms with Crippen molar-refractivity contribution < 1.29 is 4.39 Å². The lowest BCUT2D eigenvalue weighted by atomic mass is 10.1. The van der Waals surface area contributed by atoms with E-state index in [4.69, 9.17) is 16.6 Å². The zero-order valence-electron chi connectivity index (χ0n) is 21.1. The molecule has 0 unspecified atom stereocenters. The molecule has 3 aromatic carbocycles. The number of fused-ring (bicyclic) bond motifs is 2. The minimum Gasteiger partial charge on any atom is -0.384 e. The van der Waals surface area contributed by atoms with E-state index in [-0.39, 0.29) is 5.82 Å². The predicted octanol–water partition coefficient (Wildman–Crippen LogP) is 7.56. The van der Waals surface area contributed by atoms with Crippen LogP contribution in [0.5, 0.6) is 0 Å². The van der Waals surface area contributed by atoms with Crippen LogP contribution < -0.4 is 5.32 Å². The van der Waals surface area contributed by atoms with Crippen LogP contribution in [0, 0.1) is 5.82 Å². The highest BCUT2D eigenvalue weighted by Gasteiger charge is 2.10. The first kappa shape index (κ1) is 25.0. The molecule has 2 heterocycles. The van der Waals surface area contributed by atoms with Gasteiger partial charge in [-0.2, -0.15) is 0 Å². The van der Waals surface area contributed by atoms with Gasteiger partial charge in [0, 0.05) is 51.8 Å². The third kappa shape index (κ3) is 5.85. The number of halogens is 2. The standard InChI is InChI=1S/C31H30ClFN4/c1-36(2)17-7-16-34-30-19-25(35-29-15-13-24(33)18-27(29)30)14-12-22-20-37(31-11-6-4-9-26(22)31)21-23-8-3-5-10-28(23)32/h3-6,8-15,18-20H,7,16-17,21H2,1-2H3,(H,34,35)/b14-12+. The number of nitrogens with one attached hydrogen (secondary N) is 1. The fourth-order valence-electron chi connectivity index (χ4n) is 4.59. The molecule has 188 valence electrons. The van der Waals surface area contributed by atoms with Crippen molar-refractivity contribution >= 4 is 51.2 Å². The molecule has 37 heavy (non-hydrogen) atoms. The van der Waals surface area contributed by atoms with Gasteiger partial charge >= 0.3 is 0 Å². The Morgan fingerprint density at radius 2 is 1.78 bits per heavy atom. The highest BCUT2D eigenvalue weighted by Crippen LogP contribution is 2.28. The van der Waals surface area contributed by atoms with Gasteiger partial charge < -0.3 is 14.8 Å². The molecule has 1 N–H and O–H groups in total. The van der Waals surface area contributed by atoms with Crippen LogP contribution in [0.2, 0.25) is 5.02 Å². The van der Waals surface area contributed by atoms with Crippen LogP contribution in [-0.4, -0.2) is 41.6 Å². The van der Waals surface area contributed by atoms with Gasteiger partial charge in [-0.05, 0) is 75.1 Å². The second kappa shape index (κ2) is 11.2. The Hall–Kier alpha value is -3.67. The number of hydrogen-bond donors (Lipinski definition) is 1. The van der Waals surface area contributed by atoms with Crippen LogP contribution in [0.1, 0.15) is 23.2 Å². The molecule has 0 atom stereocenters. The summed E-state index contributed by atoms with van der Waals surface area (Å²) in [5.74, 6) is -0.264. The molecule has 0 aliphatic heterocycles. The Balaban J connectivity index is 1.47. The number of nitrogens with zero attached hydrogens (tertiary/aromatic N) is 3. The fraction of sp³-hybridized carbons (Fsp3) is 0.194. The first-order valence-electron chi connectivity index (χ1n) is 12.5. The molecule has 4 nitrogen and oxygen atoms in total. The number of hydrogen-bond acceptors (Lipinski definition) is 3. The quantitative estimate of drug-likeness (QED) is 0.207. The first-order valence-corrected chi connectivity index (χ1v) is 12.8. The lowest BCUT2D eigenvalue weighted by Gasteiger charge is -2.13. The lowest BCUT2D eigenvalue weighted by Crippen LogP contribution is -2.16. The van der Waals surface area contributed by atoms with Gasteiger partial charge in [0.2, 0.25) is 0 Å². The van der Waals surface area contributed by atoms with E-state index in [0.717, 1.165) is 68.8 Å². The molecule has 0 aliphatic rings. The van der Waals surface area contributed by atoms with Crippen LogP contribution in [0.25, 0.3) is 34.0 Å². The molecule has 0 amide bonds. The molecular weight excluding hydrogens is 483 g/mol. The normalized spacial score (nSPS) is 11.8. The van der Waals surface area contributed by atoms with Gasteiger partial charge in [0.25, 0.3) is 0 Å². The van der Waals surface area contributed by atoms with Gasteiger partial charge in [0.05, 0.1) is 11.2 Å². The zero-order chi connectivity index (χ0) is 25.8. The fourth-order valence-corrected chi connectivity index (χ4v) is 4.79. The van der Waals surface area contributed by atoms with Crippen LogP contribution >= 0.6 is 11.6 Å². The van der Waals surface area contributed by atoms with E-state index in [1.165, 1.54) is 6.07 Å². The van der Waals surface area contributed by atoms with E-state index >= 15 is 0 Å². The van der Waals surface area contributed by atoms with Crippen molar-refractivity contribution in [2.24, 2.45) is 0 Å². The van der Waals surface area contributed by atoms with Crippen LogP contribution in [0.3, 0.4) is 0 Å². The third-order valence-electron chi connectivity index (χ3n) is 6.44. The molecule has 5 rings (SSSR count).